The van der Waals surface area contributed by atoms with Crippen LogP contribution in [0.5, 0.6) is 11.5 Å². The van der Waals surface area contributed by atoms with Gasteiger partial charge in [0.15, 0.2) is 6.10 Å². The molecule has 4 heteroatoms. The van der Waals surface area contributed by atoms with Gasteiger partial charge < -0.3 is 14.8 Å². The fourth-order valence-corrected chi connectivity index (χ4v) is 3.14. The Bertz CT molecular complexity index is 773. The van der Waals surface area contributed by atoms with Gasteiger partial charge in [0.05, 0.1) is 6.10 Å². The summed E-state index contributed by atoms with van der Waals surface area (Å²) in [5.41, 5.74) is 2.58. The van der Waals surface area contributed by atoms with Gasteiger partial charge in [-0.25, -0.2) is 0 Å². The quantitative estimate of drug-likeness (QED) is 0.512. The number of benzene rings is 2. The molecule has 0 bridgehead atoms. The number of rotatable bonds is 10. The summed E-state index contributed by atoms with van der Waals surface area (Å²) in [5, 5.41) is 3.01. The molecule has 0 saturated heterocycles. The zero-order chi connectivity index (χ0) is 22.1. The third-order valence-corrected chi connectivity index (χ3v) is 4.90. The zero-order valence-corrected chi connectivity index (χ0v) is 19.3. The minimum atomic E-state index is -0.474. The molecule has 0 saturated carbocycles. The fraction of sp³-hybridized carbons (Fsp3) is 0.500. The van der Waals surface area contributed by atoms with E-state index >= 15 is 0 Å². The van der Waals surface area contributed by atoms with E-state index in [1.165, 1.54) is 11.1 Å². The minimum Gasteiger partial charge on any atom is -0.491 e. The molecule has 164 valence electrons. The molecule has 0 aliphatic carbocycles. The summed E-state index contributed by atoms with van der Waals surface area (Å²) in [6.07, 6.45) is 2.12. The third-order valence-electron chi connectivity index (χ3n) is 4.90. The van der Waals surface area contributed by atoms with Crippen LogP contribution in [0.1, 0.15) is 65.5 Å². The van der Waals surface area contributed by atoms with Gasteiger partial charge in [-0.2, -0.15) is 0 Å². The van der Waals surface area contributed by atoms with E-state index in [4.69, 9.17) is 9.47 Å². The van der Waals surface area contributed by atoms with Crippen molar-refractivity contribution in [2.45, 2.75) is 78.4 Å². The summed E-state index contributed by atoms with van der Waals surface area (Å²) >= 11 is 0. The van der Waals surface area contributed by atoms with Crippen LogP contribution in [0.3, 0.4) is 0 Å². The molecule has 0 heterocycles. The van der Waals surface area contributed by atoms with Crippen LogP contribution in [0.2, 0.25) is 0 Å². The lowest BCUT2D eigenvalue weighted by Gasteiger charge is -2.21. The maximum Gasteiger partial charge on any atom is 0.261 e. The Morgan fingerprint density at radius 1 is 0.933 bits per heavy atom. The van der Waals surface area contributed by atoms with Crippen molar-refractivity contribution >= 4 is 5.91 Å². The Morgan fingerprint density at radius 2 is 1.50 bits per heavy atom. The molecular formula is C26H37NO3. The Kier molecular flexibility index (Phi) is 8.76. The Morgan fingerprint density at radius 3 is 2.03 bits per heavy atom. The minimum absolute atomic E-state index is 0.0573. The van der Waals surface area contributed by atoms with Gasteiger partial charge in [-0.3, -0.25) is 4.79 Å². The van der Waals surface area contributed by atoms with Crippen LogP contribution >= 0.6 is 0 Å². The maximum atomic E-state index is 12.5. The van der Waals surface area contributed by atoms with Crippen molar-refractivity contribution in [2.75, 3.05) is 6.54 Å². The largest absolute Gasteiger partial charge is 0.491 e. The monoisotopic (exact) mass is 411 g/mol. The van der Waals surface area contributed by atoms with Crippen LogP contribution in [0.15, 0.2) is 48.5 Å². The number of ether oxygens (including phenoxy) is 2. The molecule has 0 fully saturated rings. The molecule has 0 unspecified atom stereocenters. The maximum absolute atomic E-state index is 12.5. The van der Waals surface area contributed by atoms with Crippen molar-refractivity contribution in [1.82, 2.24) is 5.32 Å². The third kappa shape index (κ3) is 7.74. The average molecular weight is 412 g/mol. The van der Waals surface area contributed by atoms with E-state index in [-0.39, 0.29) is 17.4 Å². The highest BCUT2D eigenvalue weighted by atomic mass is 16.5. The smallest absolute Gasteiger partial charge is 0.261 e. The van der Waals surface area contributed by atoms with Crippen molar-refractivity contribution < 1.29 is 14.3 Å². The van der Waals surface area contributed by atoms with Crippen molar-refractivity contribution in [3.8, 4) is 11.5 Å². The summed E-state index contributed by atoms with van der Waals surface area (Å²) in [6.45, 7) is 13.2. The molecule has 2 rings (SSSR count). The first-order chi connectivity index (χ1) is 14.2. The van der Waals surface area contributed by atoms with Crippen LogP contribution in [0.25, 0.3) is 0 Å². The fourth-order valence-electron chi connectivity index (χ4n) is 3.14. The Hall–Kier alpha value is -2.49. The average Bonchev–Trinajstić information content (AvgIpc) is 2.69. The summed E-state index contributed by atoms with van der Waals surface area (Å²) in [5.74, 6) is 1.56. The standard InChI is InChI=1S/C26H37NO3/c1-7-24(30-23-16-12-21(13-17-23)26(4,5)6)25(28)27-18-8-9-20-10-14-22(15-11-20)29-19(2)3/h10-17,19,24H,7-9,18H2,1-6H3,(H,27,28)/t24-/m1/s1. The van der Waals surface area contributed by atoms with E-state index in [1.54, 1.807) is 0 Å². The molecule has 0 radical (unpaired) electrons. The predicted molar refractivity (Wildman–Crippen MR) is 123 cm³/mol. The normalized spacial score (nSPS) is 12.5. The molecule has 0 aliphatic heterocycles. The molecule has 1 amide bonds. The van der Waals surface area contributed by atoms with Crippen molar-refractivity contribution in [3.05, 3.63) is 59.7 Å². The van der Waals surface area contributed by atoms with Crippen LogP contribution in [0.4, 0.5) is 0 Å². The topological polar surface area (TPSA) is 47.6 Å². The highest BCUT2D eigenvalue weighted by Crippen LogP contribution is 2.25. The van der Waals surface area contributed by atoms with Crippen LogP contribution in [-0.4, -0.2) is 24.7 Å². The Labute approximate surface area is 182 Å². The molecule has 0 aromatic heterocycles. The number of amides is 1. The van der Waals surface area contributed by atoms with E-state index < -0.39 is 6.10 Å². The van der Waals surface area contributed by atoms with Gasteiger partial charge in [0.2, 0.25) is 0 Å². The highest BCUT2D eigenvalue weighted by molar-refractivity contribution is 5.81. The summed E-state index contributed by atoms with van der Waals surface area (Å²) in [6, 6.07) is 16.2. The van der Waals surface area contributed by atoms with E-state index in [0.717, 1.165) is 24.3 Å². The van der Waals surface area contributed by atoms with Crippen molar-refractivity contribution in [1.29, 1.82) is 0 Å². The number of hydrogen-bond donors (Lipinski definition) is 1. The second kappa shape index (κ2) is 11.1. The predicted octanol–water partition coefficient (Wildman–Crippen LogP) is 5.68. The molecule has 1 atom stereocenters. The van der Waals surface area contributed by atoms with E-state index in [0.29, 0.717) is 13.0 Å². The molecule has 2 aromatic rings. The van der Waals surface area contributed by atoms with E-state index in [2.05, 4.69) is 50.4 Å². The second-order valence-corrected chi connectivity index (χ2v) is 8.99. The molecule has 2 aromatic carbocycles. The van der Waals surface area contributed by atoms with Crippen LogP contribution < -0.4 is 14.8 Å². The molecule has 30 heavy (non-hydrogen) atoms. The number of carbonyl (C=O) groups excluding carboxylic acids is 1. The van der Waals surface area contributed by atoms with Crippen molar-refractivity contribution in [3.63, 3.8) is 0 Å². The van der Waals surface area contributed by atoms with Crippen LogP contribution in [0, 0.1) is 0 Å². The van der Waals surface area contributed by atoms with E-state index in [9.17, 15) is 4.79 Å². The molecule has 0 aliphatic rings. The van der Waals surface area contributed by atoms with Crippen LogP contribution in [-0.2, 0) is 16.6 Å². The lowest BCUT2D eigenvalue weighted by molar-refractivity contribution is -0.128. The first kappa shape index (κ1) is 23.8. The molecule has 4 nitrogen and oxygen atoms in total. The SMILES string of the molecule is CC[C@@H](Oc1ccc(C(C)(C)C)cc1)C(=O)NCCCc1ccc(OC(C)C)cc1. The second-order valence-electron chi connectivity index (χ2n) is 8.99. The van der Waals surface area contributed by atoms with Gasteiger partial charge in [-0.05, 0) is 73.9 Å². The summed E-state index contributed by atoms with van der Waals surface area (Å²) in [4.78, 5) is 12.5. The molecule has 0 spiro atoms. The van der Waals surface area contributed by atoms with Gasteiger partial charge >= 0.3 is 0 Å². The van der Waals surface area contributed by atoms with Gasteiger partial charge in [0.1, 0.15) is 11.5 Å². The Balaban J connectivity index is 1.77. The summed E-state index contributed by atoms with van der Waals surface area (Å²) < 4.78 is 11.6. The van der Waals surface area contributed by atoms with Crippen molar-refractivity contribution in [2.24, 2.45) is 0 Å². The highest BCUT2D eigenvalue weighted by Gasteiger charge is 2.19. The zero-order valence-electron chi connectivity index (χ0n) is 19.3. The first-order valence-electron chi connectivity index (χ1n) is 11.0. The number of carbonyl (C=O) groups is 1. The van der Waals surface area contributed by atoms with Gasteiger partial charge in [-0.15, -0.1) is 0 Å². The molecule has 1 N–H and O–H groups in total. The summed E-state index contributed by atoms with van der Waals surface area (Å²) in [7, 11) is 0. The lowest BCUT2D eigenvalue weighted by Crippen LogP contribution is -2.38. The lowest BCUT2D eigenvalue weighted by atomic mass is 9.87. The van der Waals surface area contributed by atoms with E-state index in [1.807, 2.05) is 45.0 Å². The number of hydrogen-bond acceptors (Lipinski definition) is 3. The number of aryl methyl sites for hydroxylation is 1. The first-order valence-corrected chi connectivity index (χ1v) is 11.0. The van der Waals surface area contributed by atoms with Gasteiger partial charge in [-0.1, -0.05) is 52.0 Å². The van der Waals surface area contributed by atoms with Gasteiger partial charge in [0.25, 0.3) is 5.91 Å². The number of nitrogens with one attached hydrogen (secondary N) is 1. The molecular weight excluding hydrogens is 374 g/mol. The van der Waals surface area contributed by atoms with Gasteiger partial charge in [0, 0.05) is 6.54 Å².